The lowest BCUT2D eigenvalue weighted by atomic mass is 10.2. The monoisotopic (exact) mass is 512 g/mol. The van der Waals surface area contributed by atoms with Gasteiger partial charge in [-0.2, -0.15) is 5.10 Å². The van der Waals surface area contributed by atoms with Crippen molar-refractivity contribution in [1.29, 1.82) is 0 Å². The molecule has 35 heavy (non-hydrogen) atoms. The quantitative estimate of drug-likeness (QED) is 0.309. The summed E-state index contributed by atoms with van der Waals surface area (Å²) in [4.78, 5) is 14.7. The largest absolute Gasteiger partial charge is 0.372 e. The Morgan fingerprint density at radius 2 is 1.49 bits per heavy atom. The first-order valence-corrected chi connectivity index (χ1v) is 13.4. The third kappa shape index (κ3) is 7.31. The van der Waals surface area contributed by atoms with Crippen LogP contribution in [0.3, 0.4) is 0 Å². The van der Waals surface area contributed by atoms with Crippen molar-refractivity contribution in [2.24, 2.45) is 5.10 Å². The fourth-order valence-corrected chi connectivity index (χ4v) is 4.54. The molecule has 0 radical (unpaired) electrons. The molecular formula is C26H29ClN4O3S. The number of anilines is 2. The van der Waals surface area contributed by atoms with Crippen molar-refractivity contribution in [2.75, 3.05) is 28.6 Å². The maximum atomic E-state index is 12.5. The van der Waals surface area contributed by atoms with Gasteiger partial charge >= 0.3 is 0 Å². The van der Waals surface area contributed by atoms with Crippen molar-refractivity contribution in [3.05, 3.63) is 94.5 Å². The molecule has 0 unspecified atom stereocenters. The van der Waals surface area contributed by atoms with E-state index in [-0.39, 0.29) is 6.54 Å². The molecule has 0 bridgehead atoms. The second-order valence-corrected chi connectivity index (χ2v) is 10.2. The van der Waals surface area contributed by atoms with Gasteiger partial charge in [0.1, 0.15) is 0 Å². The van der Waals surface area contributed by atoms with Crippen LogP contribution in [-0.4, -0.2) is 39.9 Å². The first-order chi connectivity index (χ1) is 16.7. The molecule has 0 fully saturated rings. The van der Waals surface area contributed by atoms with Crippen molar-refractivity contribution in [3.8, 4) is 0 Å². The second-order valence-electron chi connectivity index (χ2n) is 7.91. The Bertz CT molecular complexity index is 1260. The van der Waals surface area contributed by atoms with E-state index in [4.69, 9.17) is 11.6 Å². The van der Waals surface area contributed by atoms with Crippen LogP contribution in [-0.2, 0) is 16.6 Å². The minimum Gasteiger partial charge on any atom is -0.372 e. The van der Waals surface area contributed by atoms with Gasteiger partial charge in [0.05, 0.1) is 24.7 Å². The molecule has 0 aliphatic carbocycles. The molecule has 0 saturated heterocycles. The molecule has 1 N–H and O–H groups in total. The van der Waals surface area contributed by atoms with Crippen molar-refractivity contribution in [2.45, 2.75) is 20.4 Å². The average Bonchev–Trinajstić information content (AvgIpc) is 2.84. The molecule has 0 heterocycles. The zero-order chi connectivity index (χ0) is 25.4. The highest BCUT2D eigenvalue weighted by Gasteiger charge is 2.18. The molecule has 0 spiro atoms. The Balaban J connectivity index is 1.65. The summed E-state index contributed by atoms with van der Waals surface area (Å²) in [6.45, 7) is 6.24. The van der Waals surface area contributed by atoms with Gasteiger partial charge in [-0.25, -0.2) is 13.8 Å². The van der Waals surface area contributed by atoms with Gasteiger partial charge in [0.15, 0.2) is 0 Å². The first-order valence-electron chi connectivity index (χ1n) is 11.2. The lowest BCUT2D eigenvalue weighted by Crippen LogP contribution is -2.29. The van der Waals surface area contributed by atoms with Gasteiger partial charge < -0.3 is 4.90 Å². The number of hydrogen-bond acceptors (Lipinski definition) is 5. The fraction of sp³-hybridized carbons (Fsp3) is 0.231. The summed E-state index contributed by atoms with van der Waals surface area (Å²) in [6, 6.07) is 21.2. The number of sulfonamides is 1. The predicted octanol–water partition coefficient (Wildman–Crippen LogP) is 4.92. The van der Waals surface area contributed by atoms with E-state index in [0.717, 1.165) is 36.2 Å². The van der Waals surface area contributed by atoms with E-state index >= 15 is 0 Å². The van der Waals surface area contributed by atoms with E-state index in [1.54, 1.807) is 54.7 Å². The topological polar surface area (TPSA) is 82.1 Å². The highest BCUT2D eigenvalue weighted by Crippen LogP contribution is 2.22. The Morgan fingerprint density at radius 3 is 2.03 bits per heavy atom. The van der Waals surface area contributed by atoms with Crippen molar-refractivity contribution in [3.63, 3.8) is 0 Å². The Hall–Kier alpha value is -3.36. The lowest BCUT2D eigenvalue weighted by Gasteiger charge is -2.22. The Kier molecular flexibility index (Phi) is 8.89. The molecule has 3 rings (SSSR count). The van der Waals surface area contributed by atoms with Crippen LogP contribution in [0.4, 0.5) is 11.4 Å². The maximum Gasteiger partial charge on any atom is 0.271 e. The number of nitrogens with one attached hydrogen (secondary N) is 1. The summed E-state index contributed by atoms with van der Waals surface area (Å²) in [5.74, 6) is -0.392. The van der Waals surface area contributed by atoms with Crippen molar-refractivity contribution >= 4 is 45.1 Å². The molecule has 7 nitrogen and oxygen atoms in total. The van der Waals surface area contributed by atoms with Crippen molar-refractivity contribution < 1.29 is 13.2 Å². The molecule has 3 aromatic carbocycles. The highest BCUT2D eigenvalue weighted by atomic mass is 35.5. The summed E-state index contributed by atoms with van der Waals surface area (Å²) in [5.41, 5.74) is 6.12. The van der Waals surface area contributed by atoms with Crippen LogP contribution in [0.5, 0.6) is 0 Å². The molecule has 0 aliphatic rings. The normalized spacial score (nSPS) is 11.4. The SMILES string of the molecule is CCN(CC)c1ccc(/C=N\NC(=O)c2ccc(N(Cc3ccc(Cl)cc3)S(C)(=O)=O)cc2)cc1. The van der Waals surface area contributed by atoms with Crippen LogP contribution >= 0.6 is 11.6 Å². The van der Waals surface area contributed by atoms with Gasteiger partial charge in [0, 0.05) is 29.4 Å². The third-order valence-corrected chi connectivity index (χ3v) is 6.85. The molecule has 9 heteroatoms. The minimum absolute atomic E-state index is 0.152. The van der Waals surface area contributed by atoms with Gasteiger partial charge in [-0.1, -0.05) is 35.9 Å². The first kappa shape index (κ1) is 26.2. The van der Waals surface area contributed by atoms with Crippen LogP contribution in [0, 0.1) is 0 Å². The molecule has 0 atom stereocenters. The standard InChI is InChI=1S/C26H29ClN4O3S/c1-4-30(5-2)24-14-8-20(9-15-24)18-28-29-26(32)22-10-16-25(17-11-22)31(35(3,33)34)19-21-6-12-23(27)13-7-21/h6-18H,4-5,19H2,1-3H3,(H,29,32)/b28-18-. The van der Waals surface area contributed by atoms with E-state index < -0.39 is 15.9 Å². The average molecular weight is 513 g/mol. The molecule has 3 aromatic rings. The predicted molar refractivity (Wildman–Crippen MR) is 144 cm³/mol. The van der Waals surface area contributed by atoms with E-state index in [1.807, 2.05) is 24.3 Å². The van der Waals surface area contributed by atoms with Gasteiger partial charge in [-0.05, 0) is 73.5 Å². The summed E-state index contributed by atoms with van der Waals surface area (Å²) < 4.78 is 26.1. The zero-order valence-corrected chi connectivity index (χ0v) is 21.6. The molecule has 1 amide bonds. The van der Waals surface area contributed by atoms with E-state index in [9.17, 15) is 13.2 Å². The summed E-state index contributed by atoms with van der Waals surface area (Å²) in [6.07, 6.45) is 2.72. The number of nitrogens with zero attached hydrogens (tertiary/aromatic N) is 3. The Morgan fingerprint density at radius 1 is 0.914 bits per heavy atom. The van der Waals surface area contributed by atoms with Gasteiger partial charge in [0.2, 0.25) is 10.0 Å². The van der Waals surface area contributed by atoms with E-state index in [1.165, 1.54) is 4.31 Å². The molecule has 184 valence electrons. The second kappa shape index (κ2) is 11.9. The minimum atomic E-state index is -3.54. The number of halogens is 1. The van der Waals surface area contributed by atoms with E-state index in [2.05, 4.69) is 29.3 Å². The summed E-state index contributed by atoms with van der Waals surface area (Å²) in [7, 11) is -3.54. The number of hydrogen-bond donors (Lipinski definition) is 1. The zero-order valence-electron chi connectivity index (χ0n) is 20.0. The van der Waals surface area contributed by atoms with Crippen molar-refractivity contribution in [1.82, 2.24) is 5.43 Å². The fourth-order valence-electron chi connectivity index (χ4n) is 3.52. The number of hydrazone groups is 1. The number of carbonyl (C=O) groups excluding carboxylic acids is 1. The van der Waals surface area contributed by atoms with Crippen LogP contribution in [0.15, 0.2) is 77.9 Å². The number of benzene rings is 3. The van der Waals surface area contributed by atoms with Gasteiger partial charge in [-0.3, -0.25) is 9.10 Å². The molecule has 0 saturated carbocycles. The summed E-state index contributed by atoms with van der Waals surface area (Å²) >= 11 is 5.92. The van der Waals surface area contributed by atoms with Crippen LogP contribution in [0.25, 0.3) is 0 Å². The summed E-state index contributed by atoms with van der Waals surface area (Å²) in [5, 5.41) is 4.62. The number of amides is 1. The maximum absolute atomic E-state index is 12.5. The molecule has 0 aromatic heterocycles. The number of rotatable bonds is 10. The van der Waals surface area contributed by atoms with Crippen LogP contribution in [0.2, 0.25) is 5.02 Å². The Labute approximate surface area is 212 Å². The highest BCUT2D eigenvalue weighted by molar-refractivity contribution is 7.92. The molecular weight excluding hydrogens is 484 g/mol. The molecule has 0 aliphatic heterocycles. The van der Waals surface area contributed by atoms with Crippen LogP contribution < -0.4 is 14.6 Å². The van der Waals surface area contributed by atoms with Gasteiger partial charge in [0.25, 0.3) is 5.91 Å². The third-order valence-electron chi connectivity index (χ3n) is 5.46. The van der Waals surface area contributed by atoms with Crippen LogP contribution in [0.1, 0.15) is 35.3 Å². The smallest absolute Gasteiger partial charge is 0.271 e. The lowest BCUT2D eigenvalue weighted by molar-refractivity contribution is 0.0955. The number of carbonyl (C=O) groups is 1. The van der Waals surface area contributed by atoms with Gasteiger partial charge in [-0.15, -0.1) is 0 Å². The van der Waals surface area contributed by atoms with E-state index in [0.29, 0.717) is 16.3 Å².